The quantitative estimate of drug-likeness (QED) is 0.397. The van der Waals surface area contributed by atoms with Crippen molar-refractivity contribution < 1.29 is 13.7 Å². The van der Waals surface area contributed by atoms with Crippen LogP contribution in [0.4, 0.5) is 4.39 Å². The minimum absolute atomic E-state index is 0.132. The third kappa shape index (κ3) is 5.31. The summed E-state index contributed by atoms with van der Waals surface area (Å²) < 4.78 is 19.1. The number of H-pyrrole nitrogens is 1. The molecule has 2 heterocycles. The molecule has 4 aromatic rings. The molecule has 176 valence electrons. The van der Waals surface area contributed by atoms with E-state index in [9.17, 15) is 14.0 Å². The number of carbonyl (C=O) groups is 1. The van der Waals surface area contributed by atoms with Crippen LogP contribution in [0, 0.1) is 12.7 Å². The Hall–Kier alpha value is -3.59. The van der Waals surface area contributed by atoms with Gasteiger partial charge in [-0.05, 0) is 43.2 Å². The van der Waals surface area contributed by atoms with E-state index in [0.717, 1.165) is 6.42 Å². The van der Waals surface area contributed by atoms with E-state index in [2.05, 4.69) is 20.1 Å². The lowest BCUT2D eigenvalue weighted by atomic mass is 10.1. The van der Waals surface area contributed by atoms with E-state index in [4.69, 9.17) is 16.1 Å². The summed E-state index contributed by atoms with van der Waals surface area (Å²) in [6.45, 7) is 4.28. The van der Waals surface area contributed by atoms with E-state index in [-0.39, 0.29) is 48.4 Å². The fourth-order valence-corrected chi connectivity index (χ4v) is 3.72. The molecule has 8 nitrogen and oxygen atoms in total. The van der Waals surface area contributed by atoms with Crippen molar-refractivity contribution in [3.63, 3.8) is 0 Å². The Morgan fingerprint density at radius 2 is 2.03 bits per heavy atom. The molecule has 2 aromatic heterocycles. The van der Waals surface area contributed by atoms with Crippen molar-refractivity contribution in [2.24, 2.45) is 0 Å². The highest BCUT2D eigenvalue weighted by Gasteiger charge is 2.18. The Morgan fingerprint density at radius 3 is 2.79 bits per heavy atom. The van der Waals surface area contributed by atoms with Gasteiger partial charge in [0.15, 0.2) is 0 Å². The fraction of sp³-hybridized carbons (Fsp3) is 0.292. The van der Waals surface area contributed by atoms with Gasteiger partial charge in [-0.3, -0.25) is 9.59 Å². The average Bonchev–Trinajstić information content (AvgIpc) is 3.28. The van der Waals surface area contributed by atoms with Gasteiger partial charge in [-0.15, -0.1) is 0 Å². The summed E-state index contributed by atoms with van der Waals surface area (Å²) in [6.07, 6.45) is 1.10. The van der Waals surface area contributed by atoms with Gasteiger partial charge in [0.25, 0.3) is 5.56 Å². The highest BCUT2D eigenvalue weighted by molar-refractivity contribution is 6.31. The standard InChI is InChI=1S/C24H23ClFN5O3/c1-3-10-31(13-20-27-19-12-16(25)6-7-17(19)24(33)28-20)22(32)9-8-21-29-23(30-34-21)15-5-4-14(2)18(26)11-15/h4-7,11-12H,3,8-10,13H2,1-2H3,(H,27,28,33). The smallest absolute Gasteiger partial charge is 0.258 e. The van der Waals surface area contributed by atoms with Crippen molar-refractivity contribution >= 4 is 28.4 Å². The topological polar surface area (TPSA) is 105 Å². The number of aryl methyl sites for hydroxylation is 2. The first-order valence-electron chi connectivity index (χ1n) is 10.9. The van der Waals surface area contributed by atoms with E-state index in [1.54, 1.807) is 42.2 Å². The number of halogens is 2. The first-order valence-corrected chi connectivity index (χ1v) is 11.3. The van der Waals surface area contributed by atoms with Gasteiger partial charge in [0.1, 0.15) is 11.6 Å². The van der Waals surface area contributed by atoms with E-state index in [1.807, 2.05) is 6.92 Å². The molecule has 0 atom stereocenters. The van der Waals surface area contributed by atoms with E-state index < -0.39 is 0 Å². The third-order valence-electron chi connectivity index (χ3n) is 5.36. The van der Waals surface area contributed by atoms with E-state index >= 15 is 0 Å². The Kier molecular flexibility index (Phi) is 7.02. The molecule has 0 aliphatic carbocycles. The van der Waals surface area contributed by atoms with Crippen molar-refractivity contribution in [2.75, 3.05) is 6.54 Å². The van der Waals surface area contributed by atoms with Crippen LogP contribution in [0.5, 0.6) is 0 Å². The monoisotopic (exact) mass is 483 g/mol. The Bertz CT molecular complexity index is 1400. The van der Waals surface area contributed by atoms with Crippen molar-refractivity contribution in [3.05, 3.63) is 74.9 Å². The average molecular weight is 484 g/mol. The molecular weight excluding hydrogens is 461 g/mol. The molecule has 2 aromatic carbocycles. The van der Waals surface area contributed by atoms with Crippen LogP contribution in [0.15, 0.2) is 45.7 Å². The summed E-state index contributed by atoms with van der Waals surface area (Å²) in [6, 6.07) is 9.58. The zero-order valence-electron chi connectivity index (χ0n) is 18.8. The highest BCUT2D eigenvalue weighted by Crippen LogP contribution is 2.20. The predicted octanol–water partition coefficient (Wildman–Crippen LogP) is 4.45. The molecule has 0 spiro atoms. The minimum Gasteiger partial charge on any atom is -0.339 e. The van der Waals surface area contributed by atoms with Crippen LogP contribution in [0.2, 0.25) is 5.02 Å². The van der Waals surface area contributed by atoms with E-state index in [0.29, 0.717) is 39.4 Å². The summed E-state index contributed by atoms with van der Waals surface area (Å²) in [4.78, 5) is 38.4. The first-order chi connectivity index (χ1) is 16.3. The summed E-state index contributed by atoms with van der Waals surface area (Å²) in [7, 11) is 0. The molecule has 4 rings (SSSR count). The zero-order chi connectivity index (χ0) is 24.2. The maximum Gasteiger partial charge on any atom is 0.258 e. The number of aromatic amines is 1. The fourth-order valence-electron chi connectivity index (χ4n) is 3.56. The van der Waals surface area contributed by atoms with Gasteiger partial charge in [-0.25, -0.2) is 9.37 Å². The van der Waals surface area contributed by atoms with Crippen molar-refractivity contribution in [1.82, 2.24) is 25.0 Å². The van der Waals surface area contributed by atoms with Crippen LogP contribution in [-0.4, -0.2) is 37.5 Å². The number of nitrogens with one attached hydrogen (secondary N) is 1. The Labute approximate surface area is 199 Å². The number of aromatic nitrogens is 4. The molecule has 1 amide bonds. The van der Waals surface area contributed by atoms with Gasteiger partial charge < -0.3 is 14.4 Å². The van der Waals surface area contributed by atoms with Gasteiger partial charge in [0, 0.05) is 30.0 Å². The number of benzene rings is 2. The number of amides is 1. The van der Waals surface area contributed by atoms with Gasteiger partial charge >= 0.3 is 0 Å². The van der Waals surface area contributed by atoms with Crippen LogP contribution in [0.1, 0.15) is 37.0 Å². The van der Waals surface area contributed by atoms with Gasteiger partial charge in [-0.2, -0.15) is 4.98 Å². The van der Waals surface area contributed by atoms with Crippen molar-refractivity contribution in [3.8, 4) is 11.4 Å². The van der Waals surface area contributed by atoms with Crippen molar-refractivity contribution in [2.45, 2.75) is 39.7 Å². The summed E-state index contributed by atoms with van der Waals surface area (Å²) >= 11 is 6.03. The van der Waals surface area contributed by atoms with Gasteiger partial charge in [-0.1, -0.05) is 35.8 Å². The van der Waals surface area contributed by atoms with E-state index in [1.165, 1.54) is 6.07 Å². The summed E-state index contributed by atoms with van der Waals surface area (Å²) in [5, 5.41) is 4.80. The predicted molar refractivity (Wildman–Crippen MR) is 126 cm³/mol. The SMILES string of the molecule is CCCN(Cc1nc2cc(Cl)ccc2c(=O)[nH]1)C(=O)CCc1nc(-c2ccc(C)c(F)c2)no1. The number of fused-ring (bicyclic) bond motifs is 1. The molecule has 0 saturated heterocycles. The zero-order valence-corrected chi connectivity index (χ0v) is 19.5. The second-order valence-corrected chi connectivity index (χ2v) is 8.40. The van der Waals surface area contributed by atoms with Crippen LogP contribution in [0.3, 0.4) is 0 Å². The maximum absolute atomic E-state index is 13.8. The second-order valence-electron chi connectivity index (χ2n) is 7.97. The van der Waals surface area contributed by atoms with Crippen LogP contribution in [0.25, 0.3) is 22.3 Å². The van der Waals surface area contributed by atoms with Gasteiger partial charge in [0.2, 0.25) is 17.6 Å². The van der Waals surface area contributed by atoms with Crippen LogP contribution >= 0.6 is 11.6 Å². The Balaban J connectivity index is 1.45. The number of nitrogens with zero attached hydrogens (tertiary/aromatic N) is 4. The molecule has 0 aliphatic heterocycles. The van der Waals surface area contributed by atoms with Gasteiger partial charge in [0.05, 0.1) is 17.4 Å². The molecule has 0 aliphatic rings. The lowest BCUT2D eigenvalue weighted by Crippen LogP contribution is -2.33. The number of hydrogen-bond acceptors (Lipinski definition) is 6. The van der Waals surface area contributed by atoms with Crippen LogP contribution in [-0.2, 0) is 17.8 Å². The second kappa shape index (κ2) is 10.1. The van der Waals surface area contributed by atoms with Crippen molar-refractivity contribution in [1.29, 1.82) is 0 Å². The molecule has 0 radical (unpaired) electrons. The first kappa shape index (κ1) is 23.6. The molecule has 10 heteroatoms. The third-order valence-corrected chi connectivity index (χ3v) is 5.59. The molecular formula is C24H23ClFN5O3. The number of hydrogen-bond donors (Lipinski definition) is 1. The minimum atomic E-state index is -0.350. The lowest BCUT2D eigenvalue weighted by molar-refractivity contribution is -0.132. The largest absolute Gasteiger partial charge is 0.339 e. The Morgan fingerprint density at radius 1 is 1.21 bits per heavy atom. The number of rotatable bonds is 8. The lowest BCUT2D eigenvalue weighted by Gasteiger charge is -2.21. The summed E-state index contributed by atoms with van der Waals surface area (Å²) in [5.41, 5.74) is 1.22. The maximum atomic E-state index is 13.8. The molecule has 0 bridgehead atoms. The van der Waals surface area contributed by atoms with Crippen LogP contribution < -0.4 is 5.56 Å². The highest BCUT2D eigenvalue weighted by atomic mass is 35.5. The molecule has 34 heavy (non-hydrogen) atoms. The summed E-state index contributed by atoms with van der Waals surface area (Å²) in [5.74, 6) is 0.438. The normalized spacial score (nSPS) is 11.2. The molecule has 0 saturated carbocycles. The molecule has 0 fully saturated rings. The number of carbonyl (C=O) groups excluding carboxylic acids is 1. The molecule has 0 unspecified atom stereocenters. The molecule has 1 N–H and O–H groups in total.